The quantitative estimate of drug-likeness (QED) is 0.0223. The van der Waals surface area contributed by atoms with Gasteiger partial charge in [0.1, 0.15) is 22.3 Å². The number of unbranched alkanes of at least 4 members (excludes halogenated alkanes) is 2. The van der Waals surface area contributed by atoms with Gasteiger partial charge in [0.15, 0.2) is 31.8 Å². The maximum atomic E-state index is 13.8. The molecule has 8 N–H and O–H groups in total. The van der Waals surface area contributed by atoms with Gasteiger partial charge in [-0.05, 0) is 92.9 Å². The van der Waals surface area contributed by atoms with E-state index < -0.39 is 64.4 Å². The lowest BCUT2D eigenvalue weighted by Gasteiger charge is -2.38. The molecule has 1 spiro atoms. The second-order valence-corrected chi connectivity index (χ2v) is 20.1. The van der Waals surface area contributed by atoms with Crippen LogP contribution in [0.25, 0.3) is 5.69 Å². The standard InChI is InChI=1S/C47H45ClN8O11S2/c1-25-54-55-38(56(25)37-18-12-29(65-2)24-31(37)40(51)26-7-10-28(48)11-8-26)19-20-39(57)52-21-5-4-6-22-53-45(58)27-9-13-32-30(23-27)46(59)67-47(32)33-14-16-35(49)43(68(3,60)61)41(33)66-42-34(47)15-17-36(50)44(42)69(62,63)64/h7-18,23-24,51H,4-6,19-22,49-50H2,1-3H3,(H,52,57)(H,53,58)(H,62,63,64). The van der Waals surface area contributed by atoms with Crippen LogP contribution in [0.1, 0.15) is 85.9 Å². The molecule has 2 amide bonds. The molecule has 1 aromatic heterocycles. The molecule has 69 heavy (non-hydrogen) atoms. The lowest BCUT2D eigenvalue weighted by atomic mass is 9.77. The van der Waals surface area contributed by atoms with Crippen molar-refractivity contribution >= 4 is 66.4 Å². The van der Waals surface area contributed by atoms with Gasteiger partial charge in [-0.25, -0.2) is 13.2 Å². The Kier molecular flexibility index (Phi) is 13.0. The number of hydrogen-bond donors (Lipinski definition) is 6. The number of sulfone groups is 1. The van der Waals surface area contributed by atoms with Gasteiger partial charge >= 0.3 is 5.97 Å². The Balaban J connectivity index is 0.890. The molecule has 0 saturated heterocycles. The zero-order valence-electron chi connectivity index (χ0n) is 37.3. The number of nitrogens with zero attached hydrogens (tertiary/aromatic N) is 3. The first-order chi connectivity index (χ1) is 32.7. The highest BCUT2D eigenvalue weighted by molar-refractivity contribution is 7.91. The van der Waals surface area contributed by atoms with E-state index in [1.165, 1.54) is 42.5 Å². The van der Waals surface area contributed by atoms with Crippen molar-refractivity contribution < 1.29 is 50.0 Å². The van der Waals surface area contributed by atoms with Gasteiger partial charge in [0.05, 0.1) is 35.4 Å². The molecular weight excluding hydrogens is 952 g/mol. The Morgan fingerprint density at radius 2 is 1.46 bits per heavy atom. The van der Waals surface area contributed by atoms with Crippen molar-refractivity contribution in [3.05, 3.63) is 141 Å². The fourth-order valence-corrected chi connectivity index (χ4v) is 10.4. The Hall–Kier alpha value is -7.33. The van der Waals surface area contributed by atoms with E-state index in [9.17, 15) is 35.8 Å². The van der Waals surface area contributed by atoms with Crippen molar-refractivity contribution in [3.8, 4) is 22.9 Å². The number of carbonyl (C=O) groups is 3. The molecule has 0 bridgehead atoms. The molecular formula is C47H45ClN8O11S2. The molecule has 8 rings (SSSR count). The number of carbonyl (C=O) groups excluding carboxylic acids is 3. The number of aromatic nitrogens is 3. The number of nitrogens with one attached hydrogen (secondary N) is 3. The minimum absolute atomic E-state index is 0.0107. The van der Waals surface area contributed by atoms with Crippen LogP contribution in [-0.4, -0.2) is 86.1 Å². The molecule has 0 saturated carbocycles. The Labute approximate surface area is 401 Å². The molecule has 1 unspecified atom stereocenters. The summed E-state index contributed by atoms with van der Waals surface area (Å²) in [4.78, 5) is 38.7. The summed E-state index contributed by atoms with van der Waals surface area (Å²) >= 11 is 6.09. The number of fused-ring (bicyclic) bond motifs is 6. The van der Waals surface area contributed by atoms with E-state index in [0.717, 1.165) is 6.26 Å². The normalized spacial score (nSPS) is 14.8. The number of hydrogen-bond acceptors (Lipinski definition) is 15. The van der Waals surface area contributed by atoms with Gasteiger partial charge in [0.25, 0.3) is 16.0 Å². The van der Waals surface area contributed by atoms with Gasteiger partial charge in [0, 0.05) is 70.6 Å². The van der Waals surface area contributed by atoms with Crippen molar-refractivity contribution in [1.29, 1.82) is 5.41 Å². The first-order valence-corrected chi connectivity index (χ1v) is 25.0. The van der Waals surface area contributed by atoms with Gasteiger partial charge in [-0.1, -0.05) is 29.8 Å². The predicted molar refractivity (Wildman–Crippen MR) is 254 cm³/mol. The summed E-state index contributed by atoms with van der Waals surface area (Å²) in [6, 6.07) is 21.7. The zero-order chi connectivity index (χ0) is 49.6. The van der Waals surface area contributed by atoms with E-state index >= 15 is 0 Å². The minimum atomic E-state index is -5.10. The molecule has 358 valence electrons. The van der Waals surface area contributed by atoms with E-state index in [1.807, 2.05) is 10.6 Å². The fraction of sp³-hybridized carbons (Fsp3) is 0.234. The van der Waals surface area contributed by atoms with Crippen molar-refractivity contribution in [2.75, 3.05) is 37.9 Å². The van der Waals surface area contributed by atoms with Crippen LogP contribution >= 0.6 is 11.6 Å². The summed E-state index contributed by atoms with van der Waals surface area (Å²) in [5, 5.41) is 23.9. The summed E-state index contributed by atoms with van der Waals surface area (Å²) in [5.74, 6) is -0.938. The lowest BCUT2D eigenvalue weighted by Crippen LogP contribution is -2.34. The van der Waals surface area contributed by atoms with Gasteiger partial charge in [-0.2, -0.15) is 8.42 Å². The van der Waals surface area contributed by atoms with E-state index in [2.05, 4.69) is 20.8 Å². The zero-order valence-corrected chi connectivity index (χ0v) is 39.6. The molecule has 0 radical (unpaired) electrons. The van der Waals surface area contributed by atoms with Crippen LogP contribution in [-0.2, 0) is 41.5 Å². The van der Waals surface area contributed by atoms with Gasteiger partial charge < -0.3 is 36.3 Å². The van der Waals surface area contributed by atoms with Crippen LogP contribution in [0, 0.1) is 12.3 Å². The summed E-state index contributed by atoms with van der Waals surface area (Å²) in [6.07, 6.45) is 3.11. The first kappa shape index (κ1) is 48.1. The molecule has 5 aromatic carbocycles. The van der Waals surface area contributed by atoms with Crippen molar-refractivity contribution in [3.63, 3.8) is 0 Å². The highest BCUT2D eigenvalue weighted by atomic mass is 35.5. The van der Waals surface area contributed by atoms with Crippen LogP contribution in [0.5, 0.6) is 17.2 Å². The maximum absolute atomic E-state index is 13.8. The number of amides is 2. The Morgan fingerprint density at radius 1 is 0.841 bits per heavy atom. The van der Waals surface area contributed by atoms with Gasteiger partial charge in [0.2, 0.25) is 5.91 Å². The highest BCUT2D eigenvalue weighted by Gasteiger charge is 2.56. The summed E-state index contributed by atoms with van der Waals surface area (Å²) in [5.41, 5.74) is 11.6. The third-order valence-electron chi connectivity index (χ3n) is 11.8. The van der Waals surface area contributed by atoms with Crippen LogP contribution in [0.3, 0.4) is 0 Å². The predicted octanol–water partition coefficient (Wildman–Crippen LogP) is 5.69. The van der Waals surface area contributed by atoms with Crippen LogP contribution < -0.4 is 31.6 Å². The number of benzene rings is 5. The van der Waals surface area contributed by atoms with Crippen LogP contribution in [0.15, 0.2) is 94.7 Å². The second kappa shape index (κ2) is 18.6. The maximum Gasteiger partial charge on any atom is 0.340 e. The fourth-order valence-electron chi connectivity index (χ4n) is 8.58. The van der Waals surface area contributed by atoms with Crippen LogP contribution in [0.2, 0.25) is 5.02 Å². The van der Waals surface area contributed by atoms with Crippen molar-refractivity contribution in [2.24, 2.45) is 0 Å². The smallest absolute Gasteiger partial charge is 0.340 e. The highest BCUT2D eigenvalue weighted by Crippen LogP contribution is 2.60. The molecule has 0 fully saturated rings. The van der Waals surface area contributed by atoms with Crippen LogP contribution in [0.4, 0.5) is 11.4 Å². The number of aryl methyl sites for hydroxylation is 2. The van der Waals surface area contributed by atoms with Crippen molar-refractivity contribution in [2.45, 2.75) is 54.4 Å². The Morgan fingerprint density at radius 3 is 2.12 bits per heavy atom. The molecule has 1 atom stereocenters. The number of nitrogens with two attached hydrogens (primary N) is 2. The second-order valence-electron chi connectivity index (χ2n) is 16.3. The SMILES string of the molecule is COc1ccc(-n2c(C)nnc2CCC(=O)NCCCCCNC(=O)c2ccc3c(c2)C(=O)OC32c3ccc(N)c(S(C)(=O)=O)c3Oc3c2ccc(N)c3S(=O)(=O)O)c(C(=N)c2ccc(Cl)cc2)c1. The van der Waals surface area contributed by atoms with Gasteiger partial charge in [-0.3, -0.25) is 24.1 Å². The average Bonchev–Trinajstić information content (AvgIpc) is 3.81. The number of methoxy groups -OCH3 is 1. The number of nitrogen functional groups attached to an aromatic ring is 2. The van der Waals surface area contributed by atoms with Gasteiger partial charge in [-0.15, -0.1) is 10.2 Å². The average molecular weight is 998 g/mol. The minimum Gasteiger partial charge on any atom is -0.497 e. The topological polar surface area (TPSA) is 298 Å². The largest absolute Gasteiger partial charge is 0.497 e. The lowest BCUT2D eigenvalue weighted by molar-refractivity contribution is -0.121. The van der Waals surface area contributed by atoms with E-state index in [1.54, 1.807) is 50.4 Å². The molecule has 19 nitrogen and oxygen atoms in total. The van der Waals surface area contributed by atoms with E-state index in [0.29, 0.717) is 65.0 Å². The third kappa shape index (κ3) is 9.08. The third-order valence-corrected chi connectivity index (χ3v) is 14.1. The van der Waals surface area contributed by atoms with Crippen molar-refractivity contribution in [1.82, 2.24) is 25.4 Å². The Bertz CT molecular complexity index is 3250. The summed E-state index contributed by atoms with van der Waals surface area (Å²) < 4.78 is 81.0. The van der Waals surface area contributed by atoms with E-state index in [4.69, 9.17) is 42.7 Å². The molecule has 22 heteroatoms. The molecule has 2 aliphatic heterocycles. The molecule has 2 aliphatic rings. The number of halogens is 1. The first-order valence-electron chi connectivity index (χ1n) is 21.3. The summed E-state index contributed by atoms with van der Waals surface area (Å²) in [7, 11) is -7.72. The number of esters is 1. The molecule has 6 aromatic rings. The number of ether oxygens (including phenoxy) is 3. The molecule has 3 heterocycles. The number of rotatable bonds is 16. The number of anilines is 2. The monoisotopic (exact) mass is 996 g/mol. The van der Waals surface area contributed by atoms with E-state index in [-0.39, 0.29) is 64.5 Å². The molecule has 0 aliphatic carbocycles. The summed E-state index contributed by atoms with van der Waals surface area (Å²) in [6.45, 7) is 2.45.